The highest BCUT2D eigenvalue weighted by atomic mass is 16.5. The van der Waals surface area contributed by atoms with Gasteiger partial charge in [-0.15, -0.1) is 10.2 Å². The van der Waals surface area contributed by atoms with Crippen LogP contribution in [0.2, 0.25) is 0 Å². The van der Waals surface area contributed by atoms with Crippen LogP contribution in [0, 0.1) is 13.8 Å². The molecular weight excluding hydrogens is 370 g/mol. The van der Waals surface area contributed by atoms with Crippen molar-refractivity contribution in [3.8, 4) is 17.3 Å². The Morgan fingerprint density at radius 2 is 2.03 bits per heavy atom. The zero-order chi connectivity index (χ0) is 20.2. The van der Waals surface area contributed by atoms with Gasteiger partial charge in [-0.25, -0.2) is 4.98 Å². The van der Waals surface area contributed by atoms with Crippen molar-refractivity contribution in [2.75, 3.05) is 13.2 Å². The minimum Gasteiger partial charge on any atom is -0.483 e. The second kappa shape index (κ2) is 8.38. The fraction of sp³-hybridized carbons (Fsp3) is 0.381. The minimum atomic E-state index is -0.254. The first kappa shape index (κ1) is 19.0. The summed E-state index contributed by atoms with van der Waals surface area (Å²) in [4.78, 5) is 22.9. The molecule has 1 aromatic carbocycles. The van der Waals surface area contributed by atoms with Gasteiger partial charge in [-0.2, -0.15) is 0 Å². The van der Waals surface area contributed by atoms with Crippen molar-refractivity contribution in [3.63, 3.8) is 0 Å². The van der Waals surface area contributed by atoms with Gasteiger partial charge in [0.2, 0.25) is 5.89 Å². The molecule has 1 aliphatic heterocycles. The first-order chi connectivity index (χ1) is 14.1. The summed E-state index contributed by atoms with van der Waals surface area (Å²) in [5.74, 6) is 1.40. The lowest BCUT2D eigenvalue weighted by molar-refractivity contribution is -0.137. The van der Waals surface area contributed by atoms with Gasteiger partial charge in [-0.05, 0) is 44.2 Å². The third-order valence-corrected chi connectivity index (χ3v) is 5.08. The van der Waals surface area contributed by atoms with E-state index in [1.54, 1.807) is 23.5 Å². The maximum atomic E-state index is 12.9. The normalized spacial score (nSPS) is 16.6. The van der Waals surface area contributed by atoms with Crippen LogP contribution in [0.25, 0.3) is 11.6 Å². The van der Waals surface area contributed by atoms with Gasteiger partial charge in [-0.1, -0.05) is 18.2 Å². The number of hydrogen-bond acceptors (Lipinski definition) is 7. The number of piperidine rings is 1. The SMILES string of the molecule is Cc1cccc(C)c1OCC(=O)N1CCCC[C@H]1c1nnc(-c2cnccn2)o1. The maximum Gasteiger partial charge on any atom is 0.267 e. The second-order valence-corrected chi connectivity index (χ2v) is 7.14. The Labute approximate surface area is 169 Å². The number of benzene rings is 1. The highest BCUT2D eigenvalue weighted by Crippen LogP contribution is 2.32. The zero-order valence-corrected chi connectivity index (χ0v) is 16.5. The van der Waals surface area contributed by atoms with E-state index in [1.807, 2.05) is 32.0 Å². The van der Waals surface area contributed by atoms with Crippen molar-refractivity contribution in [2.24, 2.45) is 0 Å². The summed E-state index contributed by atoms with van der Waals surface area (Å²) in [5.41, 5.74) is 2.54. The van der Waals surface area contributed by atoms with Gasteiger partial charge in [0.1, 0.15) is 17.5 Å². The number of rotatable bonds is 5. The highest BCUT2D eigenvalue weighted by molar-refractivity contribution is 5.78. The highest BCUT2D eigenvalue weighted by Gasteiger charge is 2.32. The van der Waals surface area contributed by atoms with E-state index in [4.69, 9.17) is 9.15 Å². The Bertz CT molecular complexity index is 969. The van der Waals surface area contributed by atoms with Crippen LogP contribution in [0.3, 0.4) is 0 Å². The molecule has 0 unspecified atom stereocenters. The van der Waals surface area contributed by atoms with E-state index < -0.39 is 0 Å². The Morgan fingerprint density at radius 1 is 1.21 bits per heavy atom. The van der Waals surface area contributed by atoms with Gasteiger partial charge in [0, 0.05) is 18.9 Å². The Morgan fingerprint density at radius 3 is 2.79 bits per heavy atom. The lowest BCUT2D eigenvalue weighted by atomic mass is 10.0. The van der Waals surface area contributed by atoms with Crippen molar-refractivity contribution in [3.05, 3.63) is 53.8 Å². The zero-order valence-electron chi connectivity index (χ0n) is 16.5. The van der Waals surface area contributed by atoms with Crippen LogP contribution in [0.15, 0.2) is 41.2 Å². The summed E-state index contributed by atoms with van der Waals surface area (Å²) >= 11 is 0. The average Bonchev–Trinajstić information content (AvgIpc) is 3.24. The predicted molar refractivity (Wildman–Crippen MR) is 105 cm³/mol. The van der Waals surface area contributed by atoms with Crippen LogP contribution in [-0.4, -0.2) is 44.1 Å². The molecule has 1 aliphatic rings. The molecule has 1 atom stereocenters. The molecule has 8 nitrogen and oxygen atoms in total. The first-order valence-electron chi connectivity index (χ1n) is 9.72. The van der Waals surface area contributed by atoms with Crippen LogP contribution in [0.4, 0.5) is 0 Å². The summed E-state index contributed by atoms with van der Waals surface area (Å²) < 4.78 is 11.7. The predicted octanol–water partition coefficient (Wildman–Crippen LogP) is 3.28. The number of aromatic nitrogens is 4. The number of likely N-dealkylation sites (tertiary alicyclic amines) is 1. The quantitative estimate of drug-likeness (QED) is 0.656. The lowest BCUT2D eigenvalue weighted by Crippen LogP contribution is -2.41. The van der Waals surface area contributed by atoms with Gasteiger partial charge in [0.25, 0.3) is 11.8 Å². The van der Waals surface area contributed by atoms with Crippen molar-refractivity contribution in [1.29, 1.82) is 0 Å². The van der Waals surface area contributed by atoms with Gasteiger partial charge >= 0.3 is 0 Å². The topological polar surface area (TPSA) is 94.2 Å². The van der Waals surface area contributed by atoms with E-state index in [0.29, 0.717) is 24.0 Å². The molecule has 2 aromatic heterocycles. The van der Waals surface area contributed by atoms with Gasteiger partial charge in [0.05, 0.1) is 6.20 Å². The number of ether oxygens (including phenoxy) is 1. The maximum absolute atomic E-state index is 12.9. The van der Waals surface area contributed by atoms with E-state index in [1.165, 1.54) is 0 Å². The van der Waals surface area contributed by atoms with E-state index in [2.05, 4.69) is 20.2 Å². The Balaban J connectivity index is 1.49. The molecule has 0 N–H and O–H groups in total. The number of amides is 1. The first-order valence-corrected chi connectivity index (χ1v) is 9.72. The molecule has 1 amide bonds. The van der Waals surface area contributed by atoms with Crippen molar-refractivity contribution in [2.45, 2.75) is 39.2 Å². The molecule has 3 aromatic rings. The molecule has 0 spiro atoms. The molecule has 29 heavy (non-hydrogen) atoms. The van der Waals surface area contributed by atoms with Crippen molar-refractivity contribution >= 4 is 5.91 Å². The van der Waals surface area contributed by atoms with Gasteiger partial charge < -0.3 is 14.1 Å². The standard InChI is InChI=1S/C21H23N5O3/c1-14-6-5-7-15(2)19(14)28-13-18(27)26-11-4-3-8-17(26)21-25-24-20(29-21)16-12-22-9-10-23-16/h5-7,9-10,12,17H,3-4,8,11,13H2,1-2H3/t17-/m0/s1. The van der Waals surface area contributed by atoms with Crippen LogP contribution in [0.1, 0.15) is 42.3 Å². The van der Waals surface area contributed by atoms with Crippen LogP contribution in [0.5, 0.6) is 5.75 Å². The molecule has 0 saturated carbocycles. The third kappa shape index (κ3) is 4.11. The second-order valence-electron chi connectivity index (χ2n) is 7.14. The number of aryl methyl sites for hydroxylation is 2. The monoisotopic (exact) mass is 393 g/mol. The summed E-state index contributed by atoms with van der Waals surface area (Å²) in [6.45, 7) is 4.57. The smallest absolute Gasteiger partial charge is 0.267 e. The van der Waals surface area contributed by atoms with Gasteiger partial charge in [-0.3, -0.25) is 9.78 Å². The molecule has 0 bridgehead atoms. The molecule has 0 radical (unpaired) electrons. The molecule has 1 saturated heterocycles. The summed E-state index contributed by atoms with van der Waals surface area (Å²) in [7, 11) is 0. The molecule has 4 rings (SSSR count). The molecule has 1 fully saturated rings. The van der Waals surface area contributed by atoms with E-state index >= 15 is 0 Å². The van der Waals surface area contributed by atoms with Crippen molar-refractivity contribution in [1.82, 2.24) is 25.1 Å². The summed E-state index contributed by atoms with van der Waals surface area (Å²) in [6.07, 6.45) is 7.43. The summed E-state index contributed by atoms with van der Waals surface area (Å²) in [5, 5.41) is 8.26. The molecule has 8 heteroatoms. The van der Waals surface area contributed by atoms with Crippen LogP contribution >= 0.6 is 0 Å². The fourth-order valence-electron chi connectivity index (χ4n) is 3.61. The van der Waals surface area contributed by atoms with Crippen LogP contribution < -0.4 is 4.74 Å². The number of carbonyl (C=O) groups excluding carboxylic acids is 1. The summed E-state index contributed by atoms with van der Waals surface area (Å²) in [6, 6.07) is 5.67. The van der Waals surface area contributed by atoms with E-state index in [0.717, 1.165) is 36.1 Å². The van der Waals surface area contributed by atoms with Crippen molar-refractivity contribution < 1.29 is 13.9 Å². The molecule has 0 aliphatic carbocycles. The number of hydrogen-bond donors (Lipinski definition) is 0. The number of nitrogens with zero attached hydrogens (tertiary/aromatic N) is 5. The molecular formula is C21H23N5O3. The molecule has 3 heterocycles. The average molecular weight is 393 g/mol. The Kier molecular flexibility index (Phi) is 5.50. The minimum absolute atomic E-state index is 0.0205. The fourth-order valence-corrected chi connectivity index (χ4v) is 3.61. The number of carbonyl (C=O) groups is 1. The number of para-hydroxylation sites is 1. The largest absolute Gasteiger partial charge is 0.483 e. The van der Waals surface area contributed by atoms with E-state index in [-0.39, 0.29) is 18.6 Å². The third-order valence-electron chi connectivity index (χ3n) is 5.08. The Hall–Kier alpha value is -3.29. The lowest BCUT2D eigenvalue weighted by Gasteiger charge is -2.33. The molecule has 150 valence electrons. The van der Waals surface area contributed by atoms with E-state index in [9.17, 15) is 4.79 Å². The van der Waals surface area contributed by atoms with Crippen LogP contribution in [-0.2, 0) is 4.79 Å². The van der Waals surface area contributed by atoms with Gasteiger partial charge in [0.15, 0.2) is 6.61 Å².